The Morgan fingerprint density at radius 2 is 1.78 bits per heavy atom. The number of aromatic carboxylic acids is 1. The van der Waals surface area contributed by atoms with Gasteiger partial charge in [-0.1, -0.05) is 35.4 Å². The number of rotatable bonds is 5. The molecule has 0 saturated carbocycles. The third kappa shape index (κ3) is 3.43. The van der Waals surface area contributed by atoms with Gasteiger partial charge in [0.25, 0.3) is 11.5 Å². The second-order valence-electron chi connectivity index (χ2n) is 6.60. The van der Waals surface area contributed by atoms with E-state index in [2.05, 4.69) is 25.5 Å². The zero-order chi connectivity index (χ0) is 22.1. The van der Waals surface area contributed by atoms with Crippen molar-refractivity contribution in [2.24, 2.45) is 0 Å². The first-order chi connectivity index (χ1) is 15.6. The molecule has 0 aliphatic rings. The van der Waals surface area contributed by atoms with E-state index < -0.39 is 11.5 Å². The van der Waals surface area contributed by atoms with Gasteiger partial charge in [-0.3, -0.25) is 4.79 Å². The largest absolute Gasteiger partial charge is 0.478 e. The second kappa shape index (κ2) is 7.72. The minimum Gasteiger partial charge on any atom is -0.478 e. The van der Waals surface area contributed by atoms with E-state index in [1.807, 2.05) is 30.3 Å². The van der Waals surface area contributed by atoms with Gasteiger partial charge in [0, 0.05) is 11.8 Å². The topological polar surface area (TPSA) is 142 Å². The van der Waals surface area contributed by atoms with E-state index in [1.54, 1.807) is 0 Å². The normalized spacial score (nSPS) is 10.9. The fourth-order valence-electron chi connectivity index (χ4n) is 3.00. The summed E-state index contributed by atoms with van der Waals surface area (Å²) in [4.78, 5) is 29.6. The molecule has 0 saturated heterocycles. The third-order valence-corrected chi connectivity index (χ3v) is 4.59. The van der Waals surface area contributed by atoms with Crippen molar-refractivity contribution in [2.45, 2.75) is 0 Å². The number of oxazole rings is 1. The van der Waals surface area contributed by atoms with E-state index in [1.165, 1.54) is 47.6 Å². The lowest BCUT2D eigenvalue weighted by Gasteiger charge is -2.00. The first-order valence-corrected chi connectivity index (χ1v) is 9.34. The quantitative estimate of drug-likeness (QED) is 0.447. The predicted molar refractivity (Wildman–Crippen MR) is 110 cm³/mol. The molecule has 0 aliphatic carbocycles. The van der Waals surface area contributed by atoms with Crippen LogP contribution in [0.1, 0.15) is 10.4 Å². The lowest BCUT2D eigenvalue weighted by molar-refractivity contribution is 0.0697. The zero-order valence-corrected chi connectivity index (χ0v) is 16.2. The molecule has 5 aromatic rings. The van der Waals surface area contributed by atoms with Crippen LogP contribution in [0.5, 0.6) is 0 Å². The molecule has 1 N–H and O–H groups in total. The van der Waals surface area contributed by atoms with Crippen molar-refractivity contribution in [1.29, 1.82) is 0 Å². The van der Waals surface area contributed by atoms with Gasteiger partial charge in [-0.25, -0.2) is 9.78 Å². The number of nitrogens with zero attached hydrogens (tertiary/aromatic N) is 7. The molecule has 0 fully saturated rings. The summed E-state index contributed by atoms with van der Waals surface area (Å²) in [5, 5.41) is 25.0. The molecular weight excluding hydrogens is 414 g/mol. The molecule has 3 heterocycles. The average molecular weight is 427 g/mol. The SMILES string of the molecule is O=C(O)c1ccc(-n2nnc(-n3nccc(-c4nc(-c5ccccc5)co4)c3=O)n2)cc1. The van der Waals surface area contributed by atoms with Gasteiger partial charge in [-0.05, 0) is 35.5 Å². The molecule has 0 atom stereocenters. The van der Waals surface area contributed by atoms with Gasteiger partial charge in [-0.2, -0.15) is 9.78 Å². The monoisotopic (exact) mass is 427 g/mol. The molecule has 2 aromatic carbocycles. The Morgan fingerprint density at radius 1 is 1.00 bits per heavy atom. The first-order valence-electron chi connectivity index (χ1n) is 9.34. The summed E-state index contributed by atoms with van der Waals surface area (Å²) in [7, 11) is 0. The highest BCUT2D eigenvalue weighted by molar-refractivity contribution is 5.87. The minimum atomic E-state index is -1.04. The van der Waals surface area contributed by atoms with E-state index in [0.29, 0.717) is 11.4 Å². The smallest absolute Gasteiger partial charge is 0.335 e. The van der Waals surface area contributed by atoms with Crippen LogP contribution in [-0.2, 0) is 0 Å². The van der Waals surface area contributed by atoms with E-state index in [9.17, 15) is 9.59 Å². The lowest BCUT2D eigenvalue weighted by Crippen LogP contribution is -2.23. The molecule has 3 aromatic heterocycles. The summed E-state index contributed by atoms with van der Waals surface area (Å²) in [5.74, 6) is -0.964. The van der Waals surface area contributed by atoms with Crippen LogP contribution in [0.4, 0.5) is 0 Å². The highest BCUT2D eigenvalue weighted by atomic mass is 16.4. The maximum absolute atomic E-state index is 13.0. The Kier molecular flexibility index (Phi) is 4.60. The number of hydrogen-bond acceptors (Lipinski definition) is 8. The standard InChI is InChI=1S/C21H13N7O4/c29-19-16(18-23-17(12-32-18)13-4-2-1-3-5-13)10-11-22-27(19)21-24-26-28(25-21)15-8-6-14(7-9-15)20(30)31/h1-12H,(H,30,31). The highest BCUT2D eigenvalue weighted by Crippen LogP contribution is 2.22. The molecule has 0 radical (unpaired) electrons. The van der Waals surface area contributed by atoms with Crippen molar-refractivity contribution >= 4 is 5.97 Å². The van der Waals surface area contributed by atoms with Crippen LogP contribution in [0.3, 0.4) is 0 Å². The molecule has 0 aliphatic heterocycles. The average Bonchev–Trinajstić information content (AvgIpc) is 3.50. The van der Waals surface area contributed by atoms with Crippen molar-refractivity contribution in [1.82, 2.24) is 35.0 Å². The molecule has 5 rings (SSSR count). The summed E-state index contributed by atoms with van der Waals surface area (Å²) < 4.78 is 6.50. The van der Waals surface area contributed by atoms with E-state index in [4.69, 9.17) is 9.52 Å². The third-order valence-electron chi connectivity index (χ3n) is 4.59. The molecule has 0 spiro atoms. The maximum Gasteiger partial charge on any atom is 0.335 e. The highest BCUT2D eigenvalue weighted by Gasteiger charge is 2.17. The molecular formula is C21H13N7O4. The number of carboxylic acids is 1. The van der Waals surface area contributed by atoms with Gasteiger partial charge in [0.15, 0.2) is 0 Å². The summed E-state index contributed by atoms with van der Waals surface area (Å²) in [6.07, 6.45) is 2.88. The van der Waals surface area contributed by atoms with E-state index >= 15 is 0 Å². The fourth-order valence-corrected chi connectivity index (χ4v) is 3.00. The van der Waals surface area contributed by atoms with Crippen molar-refractivity contribution in [3.05, 3.63) is 89.0 Å². The molecule has 156 valence electrons. The van der Waals surface area contributed by atoms with Gasteiger partial charge >= 0.3 is 5.97 Å². The summed E-state index contributed by atoms with van der Waals surface area (Å²) in [6, 6.07) is 16.8. The number of hydrogen-bond donors (Lipinski definition) is 1. The Labute approximate surface area is 179 Å². The predicted octanol–water partition coefficient (Wildman–Crippen LogP) is 2.23. The lowest BCUT2D eigenvalue weighted by atomic mass is 10.2. The number of carbonyl (C=O) groups is 1. The minimum absolute atomic E-state index is 0.0611. The summed E-state index contributed by atoms with van der Waals surface area (Å²) >= 11 is 0. The maximum atomic E-state index is 13.0. The first kappa shape index (κ1) is 19.1. The molecule has 0 amide bonds. The van der Waals surface area contributed by atoms with Crippen LogP contribution in [0.25, 0.3) is 34.3 Å². The van der Waals surface area contributed by atoms with Crippen LogP contribution in [-0.4, -0.2) is 46.0 Å². The zero-order valence-electron chi connectivity index (χ0n) is 16.2. The molecule has 11 nitrogen and oxygen atoms in total. The Morgan fingerprint density at radius 3 is 2.53 bits per heavy atom. The Bertz CT molecular complexity index is 1470. The van der Waals surface area contributed by atoms with Gasteiger partial charge in [0.05, 0.1) is 11.3 Å². The van der Waals surface area contributed by atoms with E-state index in [-0.39, 0.29) is 23.0 Å². The fraction of sp³-hybridized carbons (Fsp3) is 0. The second-order valence-corrected chi connectivity index (χ2v) is 6.60. The van der Waals surface area contributed by atoms with Crippen LogP contribution in [0, 0.1) is 0 Å². The van der Waals surface area contributed by atoms with Gasteiger partial charge in [0.1, 0.15) is 17.5 Å². The van der Waals surface area contributed by atoms with Gasteiger partial charge in [0.2, 0.25) is 5.89 Å². The Hall–Kier alpha value is -4.93. The van der Waals surface area contributed by atoms with E-state index in [0.717, 1.165) is 10.2 Å². The molecule has 0 bridgehead atoms. The molecule has 0 unspecified atom stereocenters. The van der Waals surface area contributed by atoms with Crippen molar-refractivity contribution < 1.29 is 14.3 Å². The molecule has 11 heteroatoms. The van der Waals surface area contributed by atoms with Crippen LogP contribution < -0.4 is 5.56 Å². The van der Waals surface area contributed by atoms with Crippen LogP contribution in [0.2, 0.25) is 0 Å². The van der Waals surface area contributed by atoms with Gasteiger partial charge in [-0.15, -0.1) is 9.90 Å². The number of aromatic nitrogens is 7. The number of benzene rings is 2. The van der Waals surface area contributed by atoms with Crippen molar-refractivity contribution in [3.8, 4) is 34.3 Å². The number of tetrazole rings is 1. The van der Waals surface area contributed by atoms with Crippen molar-refractivity contribution in [2.75, 3.05) is 0 Å². The van der Waals surface area contributed by atoms with Crippen LogP contribution >= 0.6 is 0 Å². The molecule has 32 heavy (non-hydrogen) atoms. The van der Waals surface area contributed by atoms with Crippen LogP contribution in [0.15, 0.2) is 82.3 Å². The summed E-state index contributed by atoms with van der Waals surface area (Å²) in [6.45, 7) is 0. The van der Waals surface area contributed by atoms with Gasteiger partial charge < -0.3 is 9.52 Å². The number of carboxylic acid groups (broad SMARTS) is 1. The van der Waals surface area contributed by atoms with Crippen molar-refractivity contribution in [3.63, 3.8) is 0 Å². The summed E-state index contributed by atoms with van der Waals surface area (Å²) in [5.41, 5.74) is 1.70. The Balaban J connectivity index is 1.48.